The van der Waals surface area contributed by atoms with E-state index in [0.29, 0.717) is 13.2 Å². The number of likely N-dealkylation sites (tertiary alicyclic amines) is 1. The second-order valence-electron chi connectivity index (χ2n) is 11.8. The van der Waals surface area contributed by atoms with Crippen LogP contribution < -0.4 is 15.4 Å². The summed E-state index contributed by atoms with van der Waals surface area (Å²) in [5, 5.41) is 6.38. The molecule has 0 saturated carbocycles. The first-order chi connectivity index (χ1) is 19.6. The zero-order valence-corrected chi connectivity index (χ0v) is 26.6. The van der Waals surface area contributed by atoms with Crippen molar-refractivity contribution in [3.8, 4) is 5.75 Å². The predicted octanol–water partition coefficient (Wildman–Crippen LogP) is 6.39. The number of quaternary nitrogens is 1. The number of carbonyl (C=O) groups excluding carboxylic acids is 2. The fraction of sp³-hybridized carbons (Fsp3) is 0.588. The molecular formula is C34H53N4O3+. The van der Waals surface area contributed by atoms with Crippen molar-refractivity contribution in [1.29, 1.82) is 0 Å². The molecule has 1 unspecified atom stereocenters. The van der Waals surface area contributed by atoms with Crippen molar-refractivity contribution in [3.05, 3.63) is 52.6 Å². The van der Waals surface area contributed by atoms with Crippen molar-refractivity contribution in [2.75, 3.05) is 56.5 Å². The minimum Gasteiger partial charge on any atom is -0.494 e. The van der Waals surface area contributed by atoms with Gasteiger partial charge in [0.1, 0.15) is 5.75 Å². The molecule has 0 aliphatic carbocycles. The van der Waals surface area contributed by atoms with Gasteiger partial charge in [-0.15, -0.1) is 0 Å². The maximum absolute atomic E-state index is 13.2. The molecule has 0 bridgehead atoms. The van der Waals surface area contributed by atoms with Crippen LogP contribution in [0.5, 0.6) is 5.75 Å². The Morgan fingerprint density at radius 1 is 0.878 bits per heavy atom. The molecule has 0 radical (unpaired) electrons. The van der Waals surface area contributed by atoms with Gasteiger partial charge in [0.25, 0.3) is 5.91 Å². The van der Waals surface area contributed by atoms with Gasteiger partial charge in [-0.25, -0.2) is 0 Å². The average Bonchev–Trinajstić information content (AvgIpc) is 2.96. The van der Waals surface area contributed by atoms with E-state index in [0.717, 1.165) is 109 Å². The molecular weight excluding hydrogens is 512 g/mol. The number of hydrogen-bond acceptors (Lipinski definition) is 4. The topological polar surface area (TPSA) is 70.7 Å². The molecule has 2 amide bonds. The lowest BCUT2D eigenvalue weighted by Crippen LogP contribution is -2.52. The molecule has 7 heteroatoms. The van der Waals surface area contributed by atoms with Gasteiger partial charge in [-0.05, 0) is 122 Å². The molecule has 3 rings (SSSR count). The summed E-state index contributed by atoms with van der Waals surface area (Å²) in [6.45, 7) is 20.4. The number of para-hydroxylation sites is 1. The lowest BCUT2D eigenvalue weighted by atomic mass is 10.00. The first-order valence-electron chi connectivity index (χ1n) is 15.6. The summed E-state index contributed by atoms with van der Waals surface area (Å²) in [6.07, 6.45) is 5.04. The van der Waals surface area contributed by atoms with Crippen LogP contribution in [0.15, 0.2) is 30.3 Å². The highest BCUT2D eigenvalue weighted by Crippen LogP contribution is 2.27. The molecule has 1 atom stereocenters. The third-order valence-corrected chi connectivity index (χ3v) is 9.02. The summed E-state index contributed by atoms with van der Waals surface area (Å²) in [5.41, 5.74) is 6.07. The number of hydrogen-bond donors (Lipinski definition) is 2. The van der Waals surface area contributed by atoms with Gasteiger partial charge in [0.2, 0.25) is 5.91 Å². The smallest absolute Gasteiger partial charge is 0.279 e. The number of unbranched alkanes of at least 4 members (excludes halogenated alkanes) is 1. The maximum Gasteiger partial charge on any atom is 0.279 e. The van der Waals surface area contributed by atoms with Crippen LogP contribution in [-0.2, 0) is 9.59 Å². The fourth-order valence-electron chi connectivity index (χ4n) is 6.07. The number of anilines is 2. The van der Waals surface area contributed by atoms with Crippen LogP contribution in [0.25, 0.3) is 0 Å². The Bertz CT molecular complexity index is 1120. The Morgan fingerprint density at radius 2 is 1.49 bits per heavy atom. The molecule has 1 heterocycles. The minimum absolute atomic E-state index is 0.0640. The highest BCUT2D eigenvalue weighted by molar-refractivity contribution is 5.96. The van der Waals surface area contributed by atoms with Crippen LogP contribution in [0.4, 0.5) is 11.4 Å². The van der Waals surface area contributed by atoms with Crippen molar-refractivity contribution < 1.29 is 18.8 Å². The molecule has 2 N–H and O–H groups in total. The Labute approximate surface area is 248 Å². The Hall–Kier alpha value is -2.90. The third kappa shape index (κ3) is 8.79. The molecule has 0 aromatic heterocycles. The average molecular weight is 566 g/mol. The Morgan fingerprint density at radius 3 is 2.10 bits per heavy atom. The summed E-state index contributed by atoms with van der Waals surface area (Å²) in [6, 6.07) is 10.1. The van der Waals surface area contributed by atoms with E-state index in [4.69, 9.17) is 4.74 Å². The molecule has 1 aliphatic rings. The third-order valence-electron chi connectivity index (χ3n) is 9.02. The molecule has 2 aromatic rings. The number of amides is 2. The van der Waals surface area contributed by atoms with Gasteiger partial charge < -0.3 is 19.9 Å². The number of ether oxygens (including phenoxy) is 1. The molecule has 2 aromatic carbocycles. The molecule has 1 fully saturated rings. The van der Waals surface area contributed by atoms with Crippen LogP contribution >= 0.6 is 0 Å². The van der Waals surface area contributed by atoms with Gasteiger partial charge >= 0.3 is 0 Å². The Balaban J connectivity index is 1.48. The van der Waals surface area contributed by atoms with Gasteiger partial charge in [0.15, 0.2) is 6.54 Å². The number of rotatable bonds is 14. The number of likely N-dealkylation sites (N-methyl/N-ethyl adjacent to an activating group) is 1. The van der Waals surface area contributed by atoms with Gasteiger partial charge in [0, 0.05) is 11.4 Å². The van der Waals surface area contributed by atoms with Crippen molar-refractivity contribution in [2.24, 2.45) is 0 Å². The lowest BCUT2D eigenvalue weighted by Gasteiger charge is -2.35. The number of piperidine rings is 1. The number of aryl methyl sites for hydroxylation is 4. The normalized spacial score (nSPS) is 15.9. The lowest BCUT2D eigenvalue weighted by molar-refractivity contribution is -0.915. The highest BCUT2D eigenvalue weighted by Gasteiger charge is 2.29. The standard InChI is InChI=1S/C34H52N4O3/c1-8-38(9-2,10-3)24-31(39)35-33-27(6)22-29(23-28(33)7)41-21-14-13-20-37-19-12-11-18-30(37)34(40)36-32-25(4)16-15-17-26(32)5/h15-17,22-23,30H,8-14,18-21,24H2,1-7H3,(H-,35,36,39,40)/p+1. The minimum atomic E-state index is -0.0762. The zero-order chi connectivity index (χ0) is 30.0. The molecule has 0 spiro atoms. The van der Waals surface area contributed by atoms with Gasteiger partial charge in [-0.2, -0.15) is 0 Å². The van der Waals surface area contributed by atoms with Crippen LogP contribution in [0.2, 0.25) is 0 Å². The van der Waals surface area contributed by atoms with Crippen molar-refractivity contribution >= 4 is 23.2 Å². The van der Waals surface area contributed by atoms with E-state index in [-0.39, 0.29) is 17.9 Å². The molecule has 7 nitrogen and oxygen atoms in total. The molecule has 41 heavy (non-hydrogen) atoms. The van der Waals surface area contributed by atoms with Gasteiger partial charge in [-0.1, -0.05) is 24.6 Å². The van der Waals surface area contributed by atoms with Gasteiger partial charge in [-0.3, -0.25) is 14.5 Å². The van der Waals surface area contributed by atoms with Gasteiger partial charge in [0.05, 0.1) is 32.3 Å². The first-order valence-corrected chi connectivity index (χ1v) is 15.6. The fourth-order valence-corrected chi connectivity index (χ4v) is 6.07. The summed E-state index contributed by atoms with van der Waals surface area (Å²) in [4.78, 5) is 28.4. The number of nitrogens with zero attached hydrogens (tertiary/aromatic N) is 2. The highest BCUT2D eigenvalue weighted by atomic mass is 16.5. The van der Waals surface area contributed by atoms with E-state index < -0.39 is 0 Å². The van der Waals surface area contributed by atoms with Crippen LogP contribution in [-0.4, -0.2) is 73.1 Å². The largest absolute Gasteiger partial charge is 0.494 e. The van der Waals surface area contributed by atoms with E-state index in [9.17, 15) is 9.59 Å². The summed E-state index contributed by atoms with van der Waals surface area (Å²) < 4.78 is 6.91. The Kier molecular flexibility index (Phi) is 12.2. The number of benzene rings is 2. The first kappa shape index (κ1) is 32.6. The van der Waals surface area contributed by atoms with Crippen LogP contribution in [0.1, 0.15) is 75.1 Å². The summed E-state index contributed by atoms with van der Waals surface area (Å²) in [7, 11) is 0. The predicted molar refractivity (Wildman–Crippen MR) is 170 cm³/mol. The van der Waals surface area contributed by atoms with Crippen LogP contribution in [0.3, 0.4) is 0 Å². The van der Waals surface area contributed by atoms with Crippen LogP contribution in [0, 0.1) is 27.7 Å². The molecule has 1 aliphatic heterocycles. The summed E-state index contributed by atoms with van der Waals surface area (Å²) in [5.74, 6) is 1.01. The van der Waals surface area contributed by atoms with Crippen molar-refractivity contribution in [3.63, 3.8) is 0 Å². The maximum atomic E-state index is 13.2. The molecule has 1 saturated heterocycles. The zero-order valence-electron chi connectivity index (χ0n) is 26.6. The monoisotopic (exact) mass is 565 g/mol. The molecule has 226 valence electrons. The van der Waals surface area contributed by atoms with E-state index >= 15 is 0 Å². The van der Waals surface area contributed by atoms with E-state index in [1.165, 1.54) is 0 Å². The van der Waals surface area contributed by atoms with E-state index in [2.05, 4.69) is 36.3 Å². The number of carbonyl (C=O) groups is 2. The quantitative estimate of drug-likeness (QED) is 0.206. The van der Waals surface area contributed by atoms with Crippen molar-refractivity contribution in [1.82, 2.24) is 4.90 Å². The second kappa shape index (κ2) is 15.4. The number of nitrogens with one attached hydrogen (secondary N) is 2. The van der Waals surface area contributed by atoms with E-state index in [1.807, 2.05) is 58.0 Å². The van der Waals surface area contributed by atoms with E-state index in [1.54, 1.807) is 0 Å². The SMILES string of the molecule is CC[N+](CC)(CC)CC(=O)Nc1c(C)cc(OCCCCN2CCCCC2C(=O)Nc2c(C)cccc2C)cc1C. The summed E-state index contributed by atoms with van der Waals surface area (Å²) >= 11 is 0. The van der Waals surface area contributed by atoms with Crippen molar-refractivity contribution in [2.45, 2.75) is 86.6 Å². The second-order valence-corrected chi connectivity index (χ2v) is 11.8.